The standard InChI is InChI=1S/C17H21N3O3S/c1-11-4-14(19-23-11)6-20-7-15-13(9-22-16(15)8-20)5-18-17(21)12-2-3-24-10-12/h2-4,10,13,15-16H,5-9H2,1H3,(H,18,21)/t13-,15+,16+/m1/s1. The minimum absolute atomic E-state index is 0.00706. The molecule has 3 atom stereocenters. The lowest BCUT2D eigenvalue weighted by Gasteiger charge is -2.19. The van der Waals surface area contributed by atoms with Gasteiger partial charge in [-0.05, 0) is 18.4 Å². The Morgan fingerprint density at radius 1 is 1.50 bits per heavy atom. The van der Waals surface area contributed by atoms with Crippen molar-refractivity contribution in [3.63, 3.8) is 0 Å². The number of carbonyl (C=O) groups excluding carboxylic acids is 1. The number of hydrogen-bond acceptors (Lipinski definition) is 6. The lowest BCUT2D eigenvalue weighted by atomic mass is 9.93. The molecule has 2 saturated heterocycles. The first-order chi connectivity index (χ1) is 11.7. The molecule has 0 bridgehead atoms. The summed E-state index contributed by atoms with van der Waals surface area (Å²) in [7, 11) is 0. The minimum atomic E-state index is 0.00706. The average molecular weight is 347 g/mol. The van der Waals surface area contributed by atoms with Gasteiger partial charge in [-0.1, -0.05) is 5.16 Å². The number of thiophene rings is 1. The van der Waals surface area contributed by atoms with Crippen molar-refractivity contribution in [2.24, 2.45) is 11.8 Å². The van der Waals surface area contributed by atoms with E-state index in [4.69, 9.17) is 9.26 Å². The van der Waals surface area contributed by atoms with Crippen molar-refractivity contribution in [1.82, 2.24) is 15.4 Å². The van der Waals surface area contributed by atoms with Gasteiger partial charge in [-0.2, -0.15) is 11.3 Å². The van der Waals surface area contributed by atoms with Gasteiger partial charge in [-0.25, -0.2) is 0 Å². The number of aryl methyl sites for hydroxylation is 1. The average Bonchev–Trinajstić information content (AvgIpc) is 3.30. The fourth-order valence-corrected chi connectivity index (χ4v) is 4.30. The van der Waals surface area contributed by atoms with Gasteiger partial charge in [0.2, 0.25) is 0 Å². The lowest BCUT2D eigenvalue weighted by Crippen LogP contribution is -2.34. The van der Waals surface area contributed by atoms with Crippen molar-refractivity contribution in [2.45, 2.75) is 19.6 Å². The zero-order valence-corrected chi connectivity index (χ0v) is 14.4. The summed E-state index contributed by atoms with van der Waals surface area (Å²) in [5.74, 6) is 1.70. The SMILES string of the molecule is Cc1cc(CN2C[C@H]3[C@H](CNC(=O)c4ccsc4)CO[C@H]3C2)no1. The summed E-state index contributed by atoms with van der Waals surface area (Å²) >= 11 is 1.54. The van der Waals surface area contributed by atoms with Crippen LogP contribution in [0.2, 0.25) is 0 Å². The van der Waals surface area contributed by atoms with Crippen molar-refractivity contribution < 1.29 is 14.1 Å². The van der Waals surface area contributed by atoms with E-state index in [2.05, 4.69) is 15.4 Å². The molecular weight excluding hydrogens is 326 g/mol. The molecule has 2 aromatic heterocycles. The highest BCUT2D eigenvalue weighted by atomic mass is 32.1. The first kappa shape index (κ1) is 15.8. The van der Waals surface area contributed by atoms with Crippen LogP contribution in [0.3, 0.4) is 0 Å². The highest BCUT2D eigenvalue weighted by Gasteiger charge is 2.43. The molecule has 0 radical (unpaired) electrons. The lowest BCUT2D eigenvalue weighted by molar-refractivity contribution is 0.0902. The van der Waals surface area contributed by atoms with E-state index in [0.29, 0.717) is 18.4 Å². The van der Waals surface area contributed by atoms with Crippen molar-refractivity contribution >= 4 is 17.2 Å². The van der Waals surface area contributed by atoms with Crippen LogP contribution in [0.1, 0.15) is 21.8 Å². The molecule has 2 aliphatic rings. The number of carbonyl (C=O) groups is 1. The molecule has 0 unspecified atom stereocenters. The number of rotatable bonds is 5. The van der Waals surface area contributed by atoms with Crippen LogP contribution in [-0.4, -0.2) is 48.3 Å². The second-order valence-electron chi connectivity index (χ2n) is 6.64. The van der Waals surface area contributed by atoms with Crippen LogP contribution >= 0.6 is 11.3 Å². The van der Waals surface area contributed by atoms with E-state index >= 15 is 0 Å². The van der Waals surface area contributed by atoms with Crippen LogP contribution in [0, 0.1) is 18.8 Å². The third-order valence-corrected chi connectivity index (χ3v) is 5.57. The van der Waals surface area contributed by atoms with Crippen molar-refractivity contribution in [2.75, 3.05) is 26.2 Å². The predicted octanol–water partition coefficient (Wildman–Crippen LogP) is 1.92. The largest absolute Gasteiger partial charge is 0.376 e. The number of ether oxygens (including phenoxy) is 1. The Morgan fingerprint density at radius 2 is 2.42 bits per heavy atom. The smallest absolute Gasteiger partial charge is 0.252 e. The Bertz CT molecular complexity index is 700. The van der Waals surface area contributed by atoms with Gasteiger partial charge >= 0.3 is 0 Å². The molecule has 7 heteroatoms. The van der Waals surface area contributed by atoms with E-state index in [0.717, 1.165) is 43.3 Å². The summed E-state index contributed by atoms with van der Waals surface area (Å²) < 4.78 is 11.1. The summed E-state index contributed by atoms with van der Waals surface area (Å²) in [6.45, 7) is 6.01. The molecule has 0 aromatic carbocycles. The van der Waals surface area contributed by atoms with Crippen LogP contribution in [-0.2, 0) is 11.3 Å². The highest BCUT2D eigenvalue weighted by Crippen LogP contribution is 2.34. The van der Waals surface area contributed by atoms with Gasteiger partial charge in [-0.3, -0.25) is 9.69 Å². The number of nitrogens with one attached hydrogen (secondary N) is 1. The van der Waals surface area contributed by atoms with Crippen LogP contribution < -0.4 is 5.32 Å². The third-order valence-electron chi connectivity index (χ3n) is 4.89. The fraction of sp³-hybridized carbons (Fsp3) is 0.529. The molecule has 0 saturated carbocycles. The van der Waals surface area contributed by atoms with Crippen LogP contribution in [0.15, 0.2) is 27.4 Å². The number of nitrogens with zero attached hydrogens (tertiary/aromatic N) is 2. The van der Waals surface area contributed by atoms with E-state index in [1.165, 1.54) is 11.3 Å². The van der Waals surface area contributed by atoms with Gasteiger partial charge in [-0.15, -0.1) is 0 Å². The summed E-state index contributed by atoms with van der Waals surface area (Å²) in [4.78, 5) is 14.4. The third kappa shape index (κ3) is 3.24. The first-order valence-electron chi connectivity index (χ1n) is 8.25. The molecule has 6 nitrogen and oxygen atoms in total. The van der Waals surface area contributed by atoms with Gasteiger partial charge in [0.15, 0.2) is 0 Å². The summed E-state index contributed by atoms with van der Waals surface area (Å²) in [5, 5.41) is 10.9. The molecule has 2 fully saturated rings. The van der Waals surface area contributed by atoms with E-state index in [1.54, 1.807) is 0 Å². The van der Waals surface area contributed by atoms with Crippen molar-refractivity contribution in [1.29, 1.82) is 0 Å². The Morgan fingerprint density at radius 3 is 3.17 bits per heavy atom. The van der Waals surface area contributed by atoms with Crippen LogP contribution in [0.5, 0.6) is 0 Å². The normalized spacial score (nSPS) is 26.6. The zero-order chi connectivity index (χ0) is 16.5. The summed E-state index contributed by atoms with van der Waals surface area (Å²) in [6, 6.07) is 3.83. The monoisotopic (exact) mass is 347 g/mol. The van der Waals surface area contributed by atoms with Crippen LogP contribution in [0.4, 0.5) is 0 Å². The van der Waals surface area contributed by atoms with Gasteiger partial charge in [0, 0.05) is 55.0 Å². The molecule has 1 N–H and O–H groups in total. The molecule has 4 heterocycles. The molecule has 2 aliphatic heterocycles. The molecule has 4 rings (SSSR count). The maximum Gasteiger partial charge on any atom is 0.252 e. The second kappa shape index (κ2) is 6.66. The van der Waals surface area contributed by atoms with Crippen molar-refractivity contribution in [3.8, 4) is 0 Å². The van der Waals surface area contributed by atoms with E-state index in [9.17, 15) is 4.79 Å². The Kier molecular flexibility index (Phi) is 4.39. The fourth-order valence-electron chi connectivity index (χ4n) is 3.66. The molecule has 24 heavy (non-hydrogen) atoms. The van der Waals surface area contributed by atoms with E-state index < -0.39 is 0 Å². The predicted molar refractivity (Wildman–Crippen MR) is 89.9 cm³/mol. The number of hydrogen-bond donors (Lipinski definition) is 1. The van der Waals surface area contributed by atoms with Crippen molar-refractivity contribution in [3.05, 3.63) is 39.9 Å². The molecule has 0 aliphatic carbocycles. The second-order valence-corrected chi connectivity index (χ2v) is 7.42. The number of amides is 1. The maximum atomic E-state index is 12.1. The highest BCUT2D eigenvalue weighted by molar-refractivity contribution is 7.08. The first-order valence-corrected chi connectivity index (χ1v) is 9.20. The minimum Gasteiger partial charge on any atom is -0.376 e. The van der Waals surface area contributed by atoms with Crippen LogP contribution in [0.25, 0.3) is 0 Å². The van der Waals surface area contributed by atoms with Gasteiger partial charge in [0.05, 0.1) is 18.4 Å². The van der Waals surface area contributed by atoms with E-state index in [1.807, 2.05) is 29.8 Å². The number of aromatic nitrogens is 1. The molecule has 2 aromatic rings. The Labute approximate surface area is 144 Å². The van der Waals surface area contributed by atoms with Gasteiger partial charge < -0.3 is 14.6 Å². The van der Waals surface area contributed by atoms with Gasteiger partial charge in [0.25, 0.3) is 5.91 Å². The number of likely N-dealkylation sites (tertiary alicyclic amines) is 1. The summed E-state index contributed by atoms with van der Waals surface area (Å²) in [6.07, 6.45) is 0.265. The Hall–Kier alpha value is -1.70. The number of fused-ring (bicyclic) bond motifs is 1. The molecular formula is C17H21N3O3S. The zero-order valence-electron chi connectivity index (χ0n) is 13.6. The molecule has 0 spiro atoms. The Balaban J connectivity index is 1.30. The maximum absolute atomic E-state index is 12.1. The van der Waals surface area contributed by atoms with Gasteiger partial charge in [0.1, 0.15) is 5.76 Å². The summed E-state index contributed by atoms with van der Waals surface area (Å²) in [5.41, 5.74) is 1.71. The quantitative estimate of drug-likeness (QED) is 0.895. The molecule has 128 valence electrons. The topological polar surface area (TPSA) is 67.6 Å². The molecule has 1 amide bonds. The van der Waals surface area contributed by atoms with E-state index in [-0.39, 0.29) is 12.0 Å².